The maximum atomic E-state index is 13.5. The van der Waals surface area contributed by atoms with E-state index < -0.39 is 0 Å². The number of halogens is 1. The number of carbonyl (C=O) groups is 3. The molecule has 0 aliphatic carbocycles. The topological polar surface area (TPSA) is 82.2 Å². The van der Waals surface area contributed by atoms with Gasteiger partial charge in [0.15, 0.2) is 0 Å². The van der Waals surface area contributed by atoms with Crippen LogP contribution in [-0.4, -0.2) is 67.4 Å². The Hall–Kier alpha value is -5.18. The van der Waals surface area contributed by atoms with Gasteiger partial charge in [0.2, 0.25) is 5.91 Å². The molecule has 44 heavy (non-hydrogen) atoms. The fourth-order valence-corrected chi connectivity index (χ4v) is 5.12. The molecule has 0 atom stereocenters. The first-order valence-corrected chi connectivity index (χ1v) is 14.5. The van der Waals surface area contributed by atoms with Crippen molar-refractivity contribution in [2.45, 2.75) is 13.5 Å². The van der Waals surface area contributed by atoms with Crippen molar-refractivity contribution in [3.8, 4) is 5.75 Å². The number of nitrogens with one attached hydrogen (secondary N) is 1. The Morgan fingerprint density at radius 3 is 2.18 bits per heavy atom. The Kier molecular flexibility index (Phi) is 9.54. The lowest BCUT2D eigenvalue weighted by Gasteiger charge is -2.36. The summed E-state index contributed by atoms with van der Waals surface area (Å²) in [5, 5.41) is 2.88. The predicted molar refractivity (Wildman–Crippen MR) is 169 cm³/mol. The monoisotopic (exact) mass is 594 g/mol. The molecular weight excluding hydrogens is 559 g/mol. The Bertz CT molecular complexity index is 1600. The molecule has 226 valence electrons. The van der Waals surface area contributed by atoms with E-state index in [1.54, 1.807) is 36.4 Å². The number of piperazine rings is 1. The molecule has 1 saturated heterocycles. The number of anilines is 2. The van der Waals surface area contributed by atoms with Gasteiger partial charge in [-0.25, -0.2) is 4.39 Å². The first kappa shape index (κ1) is 30.3. The van der Waals surface area contributed by atoms with Crippen molar-refractivity contribution in [1.29, 1.82) is 0 Å². The molecule has 5 rings (SSSR count). The second-order valence-electron chi connectivity index (χ2n) is 10.8. The molecular formula is C35H35FN4O4. The van der Waals surface area contributed by atoms with E-state index in [1.807, 2.05) is 60.4 Å². The average Bonchev–Trinajstić information content (AvgIpc) is 3.05. The minimum absolute atomic E-state index is 0.0427. The molecule has 4 aromatic rings. The number of hydrogen-bond donors (Lipinski definition) is 1. The van der Waals surface area contributed by atoms with Gasteiger partial charge in [0, 0.05) is 55.2 Å². The number of ether oxygens (including phenoxy) is 1. The van der Waals surface area contributed by atoms with Gasteiger partial charge in [-0.15, -0.1) is 0 Å². The molecule has 4 aromatic carbocycles. The van der Waals surface area contributed by atoms with Gasteiger partial charge in [-0.1, -0.05) is 35.9 Å². The third-order valence-corrected chi connectivity index (χ3v) is 7.61. The maximum absolute atomic E-state index is 13.5. The number of methoxy groups -OCH3 is 1. The average molecular weight is 595 g/mol. The molecule has 3 amide bonds. The lowest BCUT2D eigenvalue weighted by molar-refractivity contribution is -0.117. The van der Waals surface area contributed by atoms with Crippen LogP contribution in [0, 0.1) is 12.7 Å². The van der Waals surface area contributed by atoms with Crippen LogP contribution in [0.2, 0.25) is 0 Å². The highest BCUT2D eigenvalue weighted by Gasteiger charge is 2.23. The predicted octanol–water partition coefficient (Wildman–Crippen LogP) is 5.39. The molecule has 9 heteroatoms. The first-order chi connectivity index (χ1) is 21.3. The molecule has 1 fully saturated rings. The van der Waals surface area contributed by atoms with Gasteiger partial charge >= 0.3 is 0 Å². The SMILES string of the molecule is COc1cccc(C(=O)N(CC(=O)Nc2ccc(N3CCN(C(=O)c4ccc(C)cc4)CC3)cc2)Cc2ccc(F)cc2)c1. The minimum atomic E-state index is -0.377. The van der Waals surface area contributed by atoms with Crippen LogP contribution in [0.25, 0.3) is 0 Å². The molecule has 0 aromatic heterocycles. The van der Waals surface area contributed by atoms with Crippen molar-refractivity contribution in [3.05, 3.63) is 125 Å². The van der Waals surface area contributed by atoms with Crippen LogP contribution in [0.1, 0.15) is 31.8 Å². The van der Waals surface area contributed by atoms with E-state index in [9.17, 15) is 18.8 Å². The quantitative estimate of drug-likeness (QED) is 0.281. The van der Waals surface area contributed by atoms with Crippen molar-refractivity contribution < 1.29 is 23.5 Å². The summed E-state index contributed by atoms with van der Waals surface area (Å²) in [6.45, 7) is 4.57. The summed E-state index contributed by atoms with van der Waals surface area (Å²) >= 11 is 0. The van der Waals surface area contributed by atoms with Crippen molar-refractivity contribution in [2.24, 2.45) is 0 Å². The second kappa shape index (κ2) is 13.9. The van der Waals surface area contributed by atoms with Crippen molar-refractivity contribution >= 4 is 29.1 Å². The number of hydrogen-bond acceptors (Lipinski definition) is 5. The third kappa shape index (κ3) is 7.60. The molecule has 8 nitrogen and oxygen atoms in total. The van der Waals surface area contributed by atoms with Crippen LogP contribution in [0.15, 0.2) is 97.1 Å². The summed E-state index contributed by atoms with van der Waals surface area (Å²) in [6, 6.07) is 27.7. The number of benzene rings is 4. The van der Waals surface area contributed by atoms with Crippen molar-refractivity contribution in [3.63, 3.8) is 0 Å². The van der Waals surface area contributed by atoms with Gasteiger partial charge in [-0.05, 0) is 79.2 Å². The highest BCUT2D eigenvalue weighted by molar-refractivity contribution is 5.99. The summed E-state index contributed by atoms with van der Waals surface area (Å²) in [7, 11) is 1.52. The lowest BCUT2D eigenvalue weighted by atomic mass is 10.1. The van der Waals surface area contributed by atoms with E-state index in [0.29, 0.717) is 54.3 Å². The summed E-state index contributed by atoms with van der Waals surface area (Å²) < 4.78 is 18.7. The van der Waals surface area contributed by atoms with E-state index in [-0.39, 0.29) is 36.6 Å². The van der Waals surface area contributed by atoms with Crippen LogP contribution in [0.3, 0.4) is 0 Å². The molecule has 0 unspecified atom stereocenters. The third-order valence-electron chi connectivity index (χ3n) is 7.61. The molecule has 0 saturated carbocycles. The second-order valence-corrected chi connectivity index (χ2v) is 10.8. The normalized spacial score (nSPS) is 12.9. The molecule has 0 bridgehead atoms. The van der Waals surface area contributed by atoms with Crippen LogP contribution in [0.5, 0.6) is 5.75 Å². The summed E-state index contributed by atoms with van der Waals surface area (Å²) in [5.41, 5.74) is 4.49. The van der Waals surface area contributed by atoms with Gasteiger partial charge in [0.25, 0.3) is 11.8 Å². The molecule has 0 radical (unpaired) electrons. The van der Waals surface area contributed by atoms with E-state index in [4.69, 9.17) is 4.74 Å². The fourth-order valence-electron chi connectivity index (χ4n) is 5.12. The van der Waals surface area contributed by atoms with Crippen LogP contribution in [0.4, 0.5) is 15.8 Å². The van der Waals surface area contributed by atoms with Gasteiger partial charge in [-0.3, -0.25) is 14.4 Å². The number of nitrogens with zero attached hydrogens (tertiary/aromatic N) is 3. The van der Waals surface area contributed by atoms with Gasteiger partial charge < -0.3 is 24.8 Å². The number of rotatable bonds is 9. The Morgan fingerprint density at radius 2 is 1.52 bits per heavy atom. The van der Waals surface area contributed by atoms with E-state index in [1.165, 1.54) is 24.1 Å². The maximum Gasteiger partial charge on any atom is 0.254 e. The zero-order chi connectivity index (χ0) is 31.1. The molecule has 1 heterocycles. The fraction of sp³-hybridized carbons (Fsp3) is 0.229. The summed E-state index contributed by atoms with van der Waals surface area (Å²) in [5.74, 6) is -0.515. The summed E-state index contributed by atoms with van der Waals surface area (Å²) in [4.78, 5) is 44.9. The molecule has 1 N–H and O–H groups in total. The standard InChI is InChI=1S/C35H35FN4O4/c1-25-6-10-27(11-7-25)34(42)39-20-18-38(19-21-39)31-16-14-30(15-17-31)37-33(41)24-40(23-26-8-12-29(36)13-9-26)35(43)28-4-3-5-32(22-28)44-2/h3-17,22H,18-21,23-24H2,1-2H3,(H,37,41). The summed E-state index contributed by atoms with van der Waals surface area (Å²) in [6.07, 6.45) is 0. The zero-order valence-electron chi connectivity index (χ0n) is 24.8. The van der Waals surface area contributed by atoms with Crippen LogP contribution < -0.4 is 15.0 Å². The Labute approximate surface area is 256 Å². The zero-order valence-corrected chi connectivity index (χ0v) is 24.8. The Balaban J connectivity index is 1.19. The van der Waals surface area contributed by atoms with E-state index in [2.05, 4.69) is 10.2 Å². The van der Waals surface area contributed by atoms with E-state index >= 15 is 0 Å². The molecule has 1 aliphatic rings. The lowest BCUT2D eigenvalue weighted by Crippen LogP contribution is -2.48. The van der Waals surface area contributed by atoms with Gasteiger partial charge in [0.05, 0.1) is 7.11 Å². The first-order valence-electron chi connectivity index (χ1n) is 14.5. The Morgan fingerprint density at radius 1 is 0.841 bits per heavy atom. The smallest absolute Gasteiger partial charge is 0.254 e. The number of amides is 3. The minimum Gasteiger partial charge on any atom is -0.497 e. The molecule has 0 spiro atoms. The van der Waals surface area contributed by atoms with Gasteiger partial charge in [-0.2, -0.15) is 0 Å². The van der Waals surface area contributed by atoms with Crippen LogP contribution >= 0.6 is 0 Å². The molecule has 1 aliphatic heterocycles. The highest BCUT2D eigenvalue weighted by atomic mass is 19.1. The van der Waals surface area contributed by atoms with E-state index in [0.717, 1.165) is 11.3 Å². The largest absolute Gasteiger partial charge is 0.497 e. The van der Waals surface area contributed by atoms with Crippen molar-refractivity contribution in [2.75, 3.05) is 50.1 Å². The highest BCUT2D eigenvalue weighted by Crippen LogP contribution is 2.21. The van der Waals surface area contributed by atoms with Crippen molar-refractivity contribution in [1.82, 2.24) is 9.80 Å². The van der Waals surface area contributed by atoms with Gasteiger partial charge in [0.1, 0.15) is 18.1 Å². The number of carbonyl (C=O) groups excluding carboxylic acids is 3. The van der Waals surface area contributed by atoms with Crippen LogP contribution in [-0.2, 0) is 11.3 Å². The number of aryl methyl sites for hydroxylation is 1.